The van der Waals surface area contributed by atoms with E-state index >= 15 is 0 Å². The van der Waals surface area contributed by atoms with Crippen molar-refractivity contribution >= 4 is 15.9 Å². The minimum Gasteiger partial charge on any atom is -0.329 e. The molecule has 16 heavy (non-hydrogen) atoms. The number of likely N-dealkylation sites (N-methyl/N-ethyl adjacent to an activating group) is 1. The highest BCUT2D eigenvalue weighted by atomic mass is 79.9. The first-order valence-corrected chi connectivity index (χ1v) is 6.76. The summed E-state index contributed by atoms with van der Waals surface area (Å²) in [6, 6.07) is 9.68. The topological polar surface area (TPSA) is 29.3 Å². The highest BCUT2D eigenvalue weighted by Crippen LogP contribution is 2.33. The van der Waals surface area contributed by atoms with E-state index in [2.05, 4.69) is 52.0 Å². The molecule has 0 amide bonds. The molecule has 1 aliphatic carbocycles. The Kier molecular flexibility index (Phi) is 4.00. The lowest BCUT2D eigenvalue weighted by molar-refractivity contribution is 0.202. The number of halogens is 1. The maximum Gasteiger partial charge on any atom is 0.0473 e. The van der Waals surface area contributed by atoms with Crippen LogP contribution in [0.15, 0.2) is 28.7 Å². The maximum atomic E-state index is 5.93. The van der Waals surface area contributed by atoms with Gasteiger partial charge in [-0.15, -0.1) is 0 Å². The fraction of sp³-hybridized carbons (Fsp3) is 0.538. The van der Waals surface area contributed by atoms with Crippen LogP contribution in [0.25, 0.3) is 0 Å². The molecule has 0 spiro atoms. The average Bonchev–Trinajstić information content (AvgIpc) is 3.11. The molecule has 1 aliphatic rings. The molecule has 2 rings (SSSR count). The van der Waals surface area contributed by atoms with Crippen molar-refractivity contribution < 1.29 is 0 Å². The smallest absolute Gasteiger partial charge is 0.0473 e. The van der Waals surface area contributed by atoms with Crippen LogP contribution < -0.4 is 5.73 Å². The van der Waals surface area contributed by atoms with E-state index in [4.69, 9.17) is 5.73 Å². The quantitative estimate of drug-likeness (QED) is 0.900. The fourth-order valence-electron chi connectivity index (χ4n) is 2.29. The predicted octanol–water partition coefficient (Wildman–Crippen LogP) is 2.93. The Morgan fingerprint density at radius 3 is 2.44 bits per heavy atom. The second-order valence-electron chi connectivity index (χ2n) is 4.36. The first-order valence-electron chi connectivity index (χ1n) is 5.97. The molecule has 1 aromatic rings. The van der Waals surface area contributed by atoms with Gasteiger partial charge in [0.25, 0.3) is 0 Å². The van der Waals surface area contributed by atoms with Crippen LogP contribution in [0.5, 0.6) is 0 Å². The van der Waals surface area contributed by atoms with Crippen LogP contribution in [-0.2, 0) is 0 Å². The van der Waals surface area contributed by atoms with Crippen LogP contribution in [0.3, 0.4) is 0 Å². The van der Waals surface area contributed by atoms with Crippen molar-refractivity contribution in [2.45, 2.75) is 31.8 Å². The summed E-state index contributed by atoms with van der Waals surface area (Å²) in [5, 5.41) is 0. The van der Waals surface area contributed by atoms with E-state index in [1.165, 1.54) is 18.4 Å². The third-order valence-corrected chi connectivity index (χ3v) is 3.79. The van der Waals surface area contributed by atoms with Gasteiger partial charge in [-0.3, -0.25) is 4.90 Å². The number of nitrogens with zero attached hydrogens (tertiary/aromatic N) is 1. The standard InChI is InChI=1S/C13H19BrN2/c1-2-16(12-7-8-12)13(9-15)10-3-5-11(14)6-4-10/h3-6,12-13H,2,7-9,15H2,1H3. The first kappa shape index (κ1) is 12.1. The lowest BCUT2D eigenvalue weighted by Gasteiger charge is -2.30. The van der Waals surface area contributed by atoms with Gasteiger partial charge in [-0.1, -0.05) is 35.0 Å². The number of hydrogen-bond donors (Lipinski definition) is 1. The minimum atomic E-state index is 0.380. The first-order chi connectivity index (χ1) is 7.76. The molecule has 2 nitrogen and oxygen atoms in total. The maximum absolute atomic E-state index is 5.93. The highest BCUT2D eigenvalue weighted by molar-refractivity contribution is 9.10. The van der Waals surface area contributed by atoms with Gasteiger partial charge in [-0.05, 0) is 37.1 Å². The van der Waals surface area contributed by atoms with Gasteiger partial charge < -0.3 is 5.73 Å². The van der Waals surface area contributed by atoms with E-state index < -0.39 is 0 Å². The number of hydrogen-bond acceptors (Lipinski definition) is 2. The molecule has 0 aliphatic heterocycles. The molecule has 3 heteroatoms. The summed E-state index contributed by atoms with van der Waals surface area (Å²) >= 11 is 3.47. The number of rotatable bonds is 5. The molecule has 0 saturated heterocycles. The molecule has 2 N–H and O–H groups in total. The van der Waals surface area contributed by atoms with Crippen molar-refractivity contribution in [3.05, 3.63) is 34.3 Å². The van der Waals surface area contributed by atoms with Gasteiger partial charge in [-0.25, -0.2) is 0 Å². The molecule has 1 fully saturated rings. The molecular formula is C13H19BrN2. The Labute approximate surface area is 106 Å². The summed E-state index contributed by atoms with van der Waals surface area (Å²) in [5.41, 5.74) is 7.26. The van der Waals surface area contributed by atoms with Gasteiger partial charge in [0.05, 0.1) is 0 Å². The van der Waals surface area contributed by atoms with Gasteiger partial charge in [0.2, 0.25) is 0 Å². The zero-order valence-corrected chi connectivity index (χ0v) is 11.3. The van der Waals surface area contributed by atoms with Gasteiger partial charge in [0.1, 0.15) is 0 Å². The molecule has 1 atom stereocenters. The Bertz CT molecular complexity index is 332. The molecule has 1 aromatic carbocycles. The summed E-state index contributed by atoms with van der Waals surface area (Å²) in [4.78, 5) is 2.53. The second kappa shape index (κ2) is 5.30. The Balaban J connectivity index is 2.16. The van der Waals surface area contributed by atoms with Crippen molar-refractivity contribution in [3.63, 3.8) is 0 Å². The zero-order valence-electron chi connectivity index (χ0n) is 9.70. The van der Waals surface area contributed by atoms with Crippen LogP contribution in [-0.4, -0.2) is 24.0 Å². The molecular weight excluding hydrogens is 264 g/mol. The van der Waals surface area contributed by atoms with Gasteiger partial charge >= 0.3 is 0 Å². The number of benzene rings is 1. The summed E-state index contributed by atoms with van der Waals surface area (Å²) in [5.74, 6) is 0. The van der Waals surface area contributed by atoms with Crippen LogP contribution >= 0.6 is 15.9 Å². The van der Waals surface area contributed by atoms with Crippen molar-refractivity contribution in [3.8, 4) is 0 Å². The average molecular weight is 283 g/mol. The van der Waals surface area contributed by atoms with Crippen molar-refractivity contribution in [1.29, 1.82) is 0 Å². The highest BCUT2D eigenvalue weighted by Gasteiger charge is 2.32. The van der Waals surface area contributed by atoms with E-state index in [9.17, 15) is 0 Å². The van der Waals surface area contributed by atoms with E-state index in [-0.39, 0.29) is 0 Å². The summed E-state index contributed by atoms with van der Waals surface area (Å²) in [7, 11) is 0. The molecule has 0 heterocycles. The molecule has 1 saturated carbocycles. The third kappa shape index (κ3) is 2.65. The summed E-state index contributed by atoms with van der Waals surface area (Å²) in [6.45, 7) is 4.01. The normalized spacial score (nSPS) is 17.8. The van der Waals surface area contributed by atoms with Crippen molar-refractivity contribution in [2.75, 3.05) is 13.1 Å². The minimum absolute atomic E-state index is 0.380. The Hall–Kier alpha value is -0.380. The number of nitrogens with two attached hydrogens (primary N) is 1. The van der Waals surface area contributed by atoms with Gasteiger partial charge in [0, 0.05) is 23.1 Å². The molecule has 0 aromatic heterocycles. The lowest BCUT2D eigenvalue weighted by atomic mass is 10.1. The SMILES string of the molecule is CCN(C1CC1)C(CN)c1ccc(Br)cc1. The molecule has 0 bridgehead atoms. The van der Waals surface area contributed by atoms with Gasteiger partial charge in [0.15, 0.2) is 0 Å². The van der Waals surface area contributed by atoms with E-state index in [1.54, 1.807) is 0 Å². The monoisotopic (exact) mass is 282 g/mol. The third-order valence-electron chi connectivity index (χ3n) is 3.26. The summed E-state index contributed by atoms with van der Waals surface area (Å²) in [6.07, 6.45) is 2.67. The second-order valence-corrected chi connectivity index (χ2v) is 5.28. The van der Waals surface area contributed by atoms with Crippen LogP contribution in [0, 0.1) is 0 Å². The molecule has 0 radical (unpaired) electrons. The molecule has 88 valence electrons. The Morgan fingerprint density at radius 1 is 1.38 bits per heavy atom. The lowest BCUT2D eigenvalue weighted by Crippen LogP contribution is -2.35. The summed E-state index contributed by atoms with van der Waals surface area (Å²) < 4.78 is 1.13. The van der Waals surface area contributed by atoms with E-state index in [0.717, 1.165) is 17.1 Å². The fourth-order valence-corrected chi connectivity index (χ4v) is 2.55. The van der Waals surface area contributed by atoms with Crippen LogP contribution in [0.2, 0.25) is 0 Å². The van der Waals surface area contributed by atoms with E-state index in [1.807, 2.05) is 0 Å². The van der Waals surface area contributed by atoms with Crippen molar-refractivity contribution in [1.82, 2.24) is 4.90 Å². The van der Waals surface area contributed by atoms with Crippen LogP contribution in [0.1, 0.15) is 31.4 Å². The van der Waals surface area contributed by atoms with Crippen molar-refractivity contribution in [2.24, 2.45) is 5.73 Å². The predicted molar refractivity (Wildman–Crippen MR) is 71.3 cm³/mol. The van der Waals surface area contributed by atoms with E-state index in [0.29, 0.717) is 12.6 Å². The Morgan fingerprint density at radius 2 is 2.00 bits per heavy atom. The van der Waals surface area contributed by atoms with Gasteiger partial charge in [-0.2, -0.15) is 0 Å². The zero-order chi connectivity index (χ0) is 11.5. The molecule has 1 unspecified atom stereocenters. The van der Waals surface area contributed by atoms with Crippen LogP contribution in [0.4, 0.5) is 0 Å². The largest absolute Gasteiger partial charge is 0.329 e.